The van der Waals surface area contributed by atoms with Crippen LogP contribution in [0, 0.1) is 0 Å². The number of rotatable bonds is 3. The van der Waals surface area contributed by atoms with E-state index in [1.807, 2.05) is 17.8 Å². The average Bonchev–Trinajstić information content (AvgIpc) is 2.85. The van der Waals surface area contributed by atoms with Crippen molar-refractivity contribution >= 4 is 0 Å². The molecule has 0 aliphatic carbocycles. The monoisotopic (exact) mass is 257 g/mol. The number of aromatic nitrogens is 4. The molecule has 0 radical (unpaired) electrons. The van der Waals surface area contributed by atoms with Crippen LogP contribution in [0.1, 0.15) is 30.3 Å². The van der Waals surface area contributed by atoms with E-state index in [-0.39, 0.29) is 0 Å². The summed E-state index contributed by atoms with van der Waals surface area (Å²) in [5.74, 6) is 1.59. The zero-order valence-corrected chi connectivity index (χ0v) is 11.5. The summed E-state index contributed by atoms with van der Waals surface area (Å²) in [6, 6.07) is 0. The molecule has 0 saturated carbocycles. The van der Waals surface area contributed by atoms with Crippen molar-refractivity contribution in [2.45, 2.75) is 32.7 Å². The van der Waals surface area contributed by atoms with E-state index in [1.165, 1.54) is 11.3 Å². The summed E-state index contributed by atoms with van der Waals surface area (Å²) in [5.41, 5.74) is 3.69. The van der Waals surface area contributed by atoms with Crippen molar-refractivity contribution < 1.29 is 0 Å². The molecular weight excluding hydrogens is 238 g/mol. The van der Waals surface area contributed by atoms with Gasteiger partial charge >= 0.3 is 0 Å². The van der Waals surface area contributed by atoms with Gasteiger partial charge in [0.15, 0.2) is 11.6 Å². The number of nitrogens with zero attached hydrogens (tertiary/aromatic N) is 4. The normalized spacial score (nSPS) is 14.4. The lowest BCUT2D eigenvalue weighted by molar-refractivity contribution is 0.613. The van der Waals surface area contributed by atoms with Gasteiger partial charge in [-0.3, -0.25) is 0 Å². The van der Waals surface area contributed by atoms with Crippen molar-refractivity contribution in [1.82, 2.24) is 24.8 Å². The Labute approximate surface area is 113 Å². The van der Waals surface area contributed by atoms with E-state index in [9.17, 15) is 0 Å². The topological polar surface area (TPSA) is 55.6 Å². The Bertz CT molecular complexity index is 588. The van der Waals surface area contributed by atoms with Crippen LogP contribution in [0.25, 0.3) is 11.6 Å². The van der Waals surface area contributed by atoms with Crippen molar-refractivity contribution in [1.29, 1.82) is 0 Å². The third kappa shape index (κ3) is 2.26. The molecule has 0 fully saturated rings. The van der Waals surface area contributed by atoms with Gasteiger partial charge < -0.3 is 9.88 Å². The first-order chi connectivity index (χ1) is 9.29. The molecule has 100 valence electrons. The third-order valence-corrected chi connectivity index (χ3v) is 3.53. The van der Waals surface area contributed by atoms with E-state index >= 15 is 0 Å². The van der Waals surface area contributed by atoms with Crippen LogP contribution in [0.3, 0.4) is 0 Å². The van der Waals surface area contributed by atoms with Gasteiger partial charge in [0.2, 0.25) is 0 Å². The molecule has 1 aliphatic heterocycles. The third-order valence-electron chi connectivity index (χ3n) is 3.53. The van der Waals surface area contributed by atoms with Crippen molar-refractivity contribution in [2.24, 2.45) is 7.05 Å². The number of hydrogen-bond donors (Lipinski definition) is 1. The van der Waals surface area contributed by atoms with Gasteiger partial charge in [0.1, 0.15) is 0 Å². The molecule has 0 amide bonds. The molecule has 0 saturated heterocycles. The van der Waals surface area contributed by atoms with E-state index in [4.69, 9.17) is 9.97 Å². The first-order valence-electron chi connectivity index (χ1n) is 6.86. The summed E-state index contributed by atoms with van der Waals surface area (Å²) >= 11 is 0. The molecular formula is C14H19N5. The molecule has 19 heavy (non-hydrogen) atoms. The summed E-state index contributed by atoms with van der Waals surface area (Å²) < 4.78 is 1.97. The molecule has 3 heterocycles. The van der Waals surface area contributed by atoms with Crippen LogP contribution in [0.4, 0.5) is 0 Å². The highest BCUT2D eigenvalue weighted by Crippen LogP contribution is 2.21. The van der Waals surface area contributed by atoms with E-state index < -0.39 is 0 Å². The molecule has 0 atom stereocenters. The lowest BCUT2D eigenvalue weighted by Gasteiger charge is -2.19. The van der Waals surface area contributed by atoms with Gasteiger partial charge in [-0.05, 0) is 24.9 Å². The summed E-state index contributed by atoms with van der Waals surface area (Å²) in [6.45, 7) is 4.05. The van der Waals surface area contributed by atoms with Crippen molar-refractivity contribution in [3.8, 4) is 11.6 Å². The number of nitrogens with one attached hydrogen (secondary N) is 1. The molecule has 5 heteroatoms. The lowest BCUT2D eigenvalue weighted by atomic mass is 10.0. The predicted octanol–water partition coefficient (Wildman–Crippen LogP) is 1.48. The van der Waals surface area contributed by atoms with Crippen LogP contribution >= 0.6 is 0 Å². The van der Waals surface area contributed by atoms with Crippen LogP contribution in [0.2, 0.25) is 0 Å². The quantitative estimate of drug-likeness (QED) is 0.905. The maximum Gasteiger partial charge on any atom is 0.196 e. The molecule has 1 aliphatic rings. The van der Waals surface area contributed by atoms with Gasteiger partial charge in [0.05, 0.1) is 5.69 Å². The first-order valence-corrected chi connectivity index (χ1v) is 6.86. The highest BCUT2D eigenvalue weighted by atomic mass is 15.1. The van der Waals surface area contributed by atoms with Crippen LogP contribution in [0.15, 0.2) is 12.4 Å². The van der Waals surface area contributed by atoms with Crippen LogP contribution < -0.4 is 5.32 Å². The molecule has 0 spiro atoms. The molecule has 0 aromatic carbocycles. The van der Waals surface area contributed by atoms with Crippen LogP contribution in [-0.4, -0.2) is 26.1 Å². The molecule has 0 bridgehead atoms. The number of fused-ring (bicyclic) bond motifs is 1. The zero-order chi connectivity index (χ0) is 13.2. The highest BCUT2D eigenvalue weighted by molar-refractivity contribution is 5.46. The number of aryl methyl sites for hydroxylation is 2. The Morgan fingerprint density at radius 3 is 3.00 bits per heavy atom. The van der Waals surface area contributed by atoms with E-state index in [2.05, 4.69) is 17.2 Å². The number of hydrogen-bond acceptors (Lipinski definition) is 4. The Morgan fingerprint density at radius 2 is 2.26 bits per heavy atom. The van der Waals surface area contributed by atoms with E-state index in [1.54, 1.807) is 6.20 Å². The van der Waals surface area contributed by atoms with Gasteiger partial charge in [-0.1, -0.05) is 13.3 Å². The molecule has 1 N–H and O–H groups in total. The molecule has 2 aromatic heterocycles. The largest absolute Gasteiger partial charge is 0.331 e. The van der Waals surface area contributed by atoms with Crippen molar-refractivity contribution in [3.05, 3.63) is 29.3 Å². The van der Waals surface area contributed by atoms with Gasteiger partial charge in [0, 0.05) is 31.7 Å². The maximum absolute atomic E-state index is 4.76. The van der Waals surface area contributed by atoms with E-state index in [0.29, 0.717) is 0 Å². The smallest absolute Gasteiger partial charge is 0.196 e. The Morgan fingerprint density at radius 1 is 1.37 bits per heavy atom. The highest BCUT2D eigenvalue weighted by Gasteiger charge is 2.18. The van der Waals surface area contributed by atoms with Crippen LogP contribution in [-0.2, 0) is 26.4 Å². The van der Waals surface area contributed by atoms with Gasteiger partial charge in [-0.25, -0.2) is 15.0 Å². The minimum atomic E-state index is 0.749. The van der Waals surface area contributed by atoms with Gasteiger partial charge in [-0.2, -0.15) is 0 Å². The molecule has 0 unspecified atom stereocenters. The molecule has 2 aromatic rings. The maximum atomic E-state index is 4.76. The lowest BCUT2D eigenvalue weighted by Crippen LogP contribution is -2.27. The van der Waals surface area contributed by atoms with Crippen molar-refractivity contribution in [2.75, 3.05) is 6.54 Å². The van der Waals surface area contributed by atoms with Crippen LogP contribution in [0.5, 0.6) is 0 Å². The standard InChI is InChI=1S/C14H19N5/c1-3-4-11-10-5-6-15-9-12(10)18-13(17-11)14-16-7-8-19(14)2/h7-8,15H,3-6,9H2,1-2H3. The zero-order valence-electron chi connectivity index (χ0n) is 11.5. The second-order valence-electron chi connectivity index (χ2n) is 4.96. The van der Waals surface area contributed by atoms with Gasteiger partial charge in [-0.15, -0.1) is 0 Å². The molecule has 5 nitrogen and oxygen atoms in total. The minimum Gasteiger partial charge on any atom is -0.331 e. The Kier molecular flexibility index (Phi) is 3.29. The summed E-state index contributed by atoms with van der Waals surface area (Å²) in [6.07, 6.45) is 6.87. The summed E-state index contributed by atoms with van der Waals surface area (Å²) in [5, 5.41) is 3.38. The Hall–Kier alpha value is -1.75. The fourth-order valence-corrected chi connectivity index (χ4v) is 2.56. The summed E-state index contributed by atoms with van der Waals surface area (Å²) in [4.78, 5) is 13.8. The Balaban J connectivity index is 2.11. The fourth-order valence-electron chi connectivity index (χ4n) is 2.56. The van der Waals surface area contributed by atoms with Gasteiger partial charge in [0.25, 0.3) is 0 Å². The molecule has 3 rings (SSSR count). The second-order valence-corrected chi connectivity index (χ2v) is 4.96. The number of imidazole rings is 1. The first kappa shape index (κ1) is 12.3. The average molecular weight is 257 g/mol. The van der Waals surface area contributed by atoms with Crippen molar-refractivity contribution in [3.63, 3.8) is 0 Å². The summed E-state index contributed by atoms with van der Waals surface area (Å²) in [7, 11) is 1.98. The fraction of sp³-hybridized carbons (Fsp3) is 0.500. The SMILES string of the molecule is CCCc1nc(-c2nccn2C)nc2c1CCNC2. The van der Waals surface area contributed by atoms with E-state index in [0.717, 1.165) is 49.7 Å². The second kappa shape index (κ2) is 5.09. The predicted molar refractivity (Wildman–Crippen MR) is 73.6 cm³/mol. The minimum absolute atomic E-state index is 0.749.